The van der Waals surface area contributed by atoms with Gasteiger partial charge in [0.15, 0.2) is 0 Å². The van der Waals surface area contributed by atoms with E-state index >= 15 is 0 Å². The van der Waals surface area contributed by atoms with Gasteiger partial charge in [0.2, 0.25) is 0 Å². The zero-order valence-corrected chi connectivity index (χ0v) is 16.0. The van der Waals surface area contributed by atoms with Crippen molar-refractivity contribution >= 4 is 23.3 Å². The first-order chi connectivity index (χ1) is 13.0. The molecule has 0 aliphatic carbocycles. The second kappa shape index (κ2) is 10.3. The van der Waals surface area contributed by atoms with Gasteiger partial charge in [-0.05, 0) is 52.2 Å². The van der Waals surface area contributed by atoms with Crippen LogP contribution in [-0.4, -0.2) is 55.6 Å². The fraction of sp³-hybridized carbons (Fsp3) is 0.350. The van der Waals surface area contributed by atoms with E-state index in [1.54, 1.807) is 43.5 Å². The summed E-state index contributed by atoms with van der Waals surface area (Å²) in [5.74, 6) is -0.806. The highest BCUT2D eigenvalue weighted by molar-refractivity contribution is 6.08. The highest BCUT2D eigenvalue weighted by Crippen LogP contribution is 2.18. The van der Waals surface area contributed by atoms with E-state index in [4.69, 9.17) is 4.74 Å². The van der Waals surface area contributed by atoms with E-state index in [0.29, 0.717) is 16.8 Å². The molecular weight excluding hydrogens is 344 g/mol. The molecule has 0 saturated heterocycles. The number of carbonyl (C=O) groups is 2. The lowest BCUT2D eigenvalue weighted by Gasteiger charge is -2.12. The third-order valence-electron chi connectivity index (χ3n) is 3.78. The molecule has 27 heavy (non-hydrogen) atoms. The SMILES string of the molecule is CCOC(=O)c1ccccc1NC(=O)c1cncc(NCCCN(C)C)c1. The van der Waals surface area contributed by atoms with Gasteiger partial charge in [-0.15, -0.1) is 0 Å². The topological polar surface area (TPSA) is 83.6 Å². The molecule has 0 radical (unpaired) electrons. The summed E-state index contributed by atoms with van der Waals surface area (Å²) in [7, 11) is 4.06. The van der Waals surface area contributed by atoms with Crippen molar-refractivity contribution in [1.82, 2.24) is 9.88 Å². The van der Waals surface area contributed by atoms with Crippen LogP contribution in [0.3, 0.4) is 0 Å². The number of amides is 1. The van der Waals surface area contributed by atoms with Crippen molar-refractivity contribution in [3.05, 3.63) is 53.9 Å². The highest BCUT2D eigenvalue weighted by Gasteiger charge is 2.15. The zero-order valence-electron chi connectivity index (χ0n) is 16.0. The summed E-state index contributed by atoms with van der Waals surface area (Å²) in [5.41, 5.74) is 1.91. The normalized spacial score (nSPS) is 10.5. The van der Waals surface area contributed by atoms with Crippen LogP contribution in [-0.2, 0) is 4.74 Å². The Labute approximate surface area is 159 Å². The monoisotopic (exact) mass is 370 g/mol. The van der Waals surface area contributed by atoms with E-state index in [1.807, 2.05) is 14.1 Å². The van der Waals surface area contributed by atoms with Crippen molar-refractivity contribution < 1.29 is 14.3 Å². The molecule has 144 valence electrons. The average Bonchev–Trinajstić information content (AvgIpc) is 2.66. The second-order valence-electron chi connectivity index (χ2n) is 6.27. The minimum absolute atomic E-state index is 0.270. The lowest BCUT2D eigenvalue weighted by molar-refractivity contribution is 0.0527. The van der Waals surface area contributed by atoms with Crippen LogP contribution < -0.4 is 10.6 Å². The first kappa shape index (κ1) is 20.4. The van der Waals surface area contributed by atoms with Crippen molar-refractivity contribution in [2.24, 2.45) is 0 Å². The fourth-order valence-corrected chi connectivity index (χ4v) is 2.46. The summed E-state index contributed by atoms with van der Waals surface area (Å²) in [5, 5.41) is 6.02. The van der Waals surface area contributed by atoms with Gasteiger partial charge in [-0.25, -0.2) is 4.79 Å². The van der Waals surface area contributed by atoms with Gasteiger partial charge in [-0.3, -0.25) is 9.78 Å². The molecule has 0 fully saturated rings. The average molecular weight is 370 g/mol. The molecule has 0 aliphatic heterocycles. The first-order valence-corrected chi connectivity index (χ1v) is 8.92. The van der Waals surface area contributed by atoms with E-state index in [9.17, 15) is 9.59 Å². The largest absolute Gasteiger partial charge is 0.462 e. The quantitative estimate of drug-likeness (QED) is 0.522. The fourth-order valence-electron chi connectivity index (χ4n) is 2.46. The van der Waals surface area contributed by atoms with Crippen LogP contribution in [0.4, 0.5) is 11.4 Å². The predicted octanol–water partition coefficient (Wildman–Crippen LogP) is 2.87. The molecule has 0 spiro atoms. The molecule has 2 rings (SSSR count). The number of anilines is 2. The van der Waals surface area contributed by atoms with Crippen LogP contribution in [0.1, 0.15) is 34.1 Å². The third-order valence-corrected chi connectivity index (χ3v) is 3.78. The van der Waals surface area contributed by atoms with Gasteiger partial charge in [0.05, 0.1) is 29.1 Å². The molecule has 1 heterocycles. The maximum absolute atomic E-state index is 12.6. The predicted molar refractivity (Wildman–Crippen MR) is 106 cm³/mol. The minimum atomic E-state index is -0.470. The number of hydrogen-bond acceptors (Lipinski definition) is 6. The highest BCUT2D eigenvalue weighted by atomic mass is 16.5. The Hall–Kier alpha value is -2.93. The smallest absolute Gasteiger partial charge is 0.340 e. The summed E-state index contributed by atoms with van der Waals surface area (Å²) in [6.45, 7) is 3.77. The molecule has 0 unspecified atom stereocenters. The van der Waals surface area contributed by atoms with E-state index < -0.39 is 5.97 Å². The van der Waals surface area contributed by atoms with Crippen LogP contribution in [0.2, 0.25) is 0 Å². The lowest BCUT2D eigenvalue weighted by atomic mass is 10.1. The molecule has 0 aliphatic rings. The van der Waals surface area contributed by atoms with E-state index in [-0.39, 0.29) is 12.5 Å². The van der Waals surface area contributed by atoms with E-state index in [1.165, 1.54) is 6.20 Å². The number of pyridine rings is 1. The molecule has 2 aromatic rings. The van der Waals surface area contributed by atoms with Crippen LogP contribution in [0.15, 0.2) is 42.7 Å². The number of nitrogens with zero attached hydrogens (tertiary/aromatic N) is 2. The van der Waals surface area contributed by atoms with Gasteiger partial charge in [0.1, 0.15) is 0 Å². The van der Waals surface area contributed by atoms with Gasteiger partial charge in [0, 0.05) is 18.9 Å². The van der Waals surface area contributed by atoms with Gasteiger partial charge < -0.3 is 20.3 Å². The molecule has 2 N–H and O–H groups in total. The van der Waals surface area contributed by atoms with E-state index in [0.717, 1.165) is 25.2 Å². The molecular formula is C20H26N4O3. The Morgan fingerprint density at radius 3 is 2.70 bits per heavy atom. The van der Waals surface area contributed by atoms with Crippen LogP contribution >= 0.6 is 0 Å². The number of carbonyl (C=O) groups excluding carboxylic acids is 2. The number of aromatic nitrogens is 1. The Balaban J connectivity index is 2.04. The molecule has 1 amide bonds. The lowest BCUT2D eigenvalue weighted by Crippen LogP contribution is -2.17. The van der Waals surface area contributed by atoms with E-state index in [2.05, 4.69) is 20.5 Å². The first-order valence-electron chi connectivity index (χ1n) is 8.92. The minimum Gasteiger partial charge on any atom is -0.462 e. The number of nitrogens with one attached hydrogen (secondary N) is 2. The number of rotatable bonds is 9. The van der Waals surface area contributed by atoms with Crippen molar-refractivity contribution in [1.29, 1.82) is 0 Å². The summed E-state index contributed by atoms with van der Waals surface area (Å²) >= 11 is 0. The van der Waals surface area contributed by atoms with Crippen molar-refractivity contribution in [2.45, 2.75) is 13.3 Å². The van der Waals surface area contributed by atoms with Crippen molar-refractivity contribution in [3.63, 3.8) is 0 Å². The second-order valence-corrected chi connectivity index (χ2v) is 6.27. The maximum Gasteiger partial charge on any atom is 0.340 e. The Morgan fingerprint density at radius 2 is 1.96 bits per heavy atom. The molecule has 1 aromatic heterocycles. The summed E-state index contributed by atoms with van der Waals surface area (Å²) in [6, 6.07) is 8.50. The standard InChI is InChI=1S/C20H26N4O3/c1-4-27-20(26)17-8-5-6-9-18(17)23-19(25)15-12-16(14-21-13-15)22-10-7-11-24(2)3/h5-6,8-9,12-14,22H,4,7,10-11H2,1-3H3,(H,23,25). The molecule has 7 nitrogen and oxygen atoms in total. The molecule has 7 heteroatoms. The Kier molecular flexibility index (Phi) is 7.76. The zero-order chi connectivity index (χ0) is 19.6. The number of esters is 1. The van der Waals surface area contributed by atoms with Gasteiger partial charge in [0.25, 0.3) is 5.91 Å². The number of ether oxygens (including phenoxy) is 1. The molecule has 0 bridgehead atoms. The third kappa shape index (κ3) is 6.38. The van der Waals surface area contributed by atoms with Crippen molar-refractivity contribution in [3.8, 4) is 0 Å². The maximum atomic E-state index is 12.6. The Morgan fingerprint density at radius 1 is 1.19 bits per heavy atom. The summed E-state index contributed by atoms with van der Waals surface area (Å²) < 4.78 is 5.03. The van der Waals surface area contributed by atoms with Crippen LogP contribution in [0.25, 0.3) is 0 Å². The molecule has 1 aromatic carbocycles. The molecule has 0 atom stereocenters. The van der Waals surface area contributed by atoms with Crippen LogP contribution in [0.5, 0.6) is 0 Å². The van der Waals surface area contributed by atoms with Crippen molar-refractivity contribution in [2.75, 3.05) is 44.4 Å². The Bertz CT molecular complexity index is 777. The van der Waals surface area contributed by atoms with Crippen LogP contribution in [0, 0.1) is 0 Å². The number of hydrogen-bond donors (Lipinski definition) is 2. The molecule has 0 saturated carbocycles. The van der Waals surface area contributed by atoms with Gasteiger partial charge in [-0.1, -0.05) is 12.1 Å². The van der Waals surface area contributed by atoms with Gasteiger partial charge in [-0.2, -0.15) is 0 Å². The number of para-hydroxylation sites is 1. The summed E-state index contributed by atoms with van der Waals surface area (Å²) in [4.78, 5) is 30.9. The number of benzene rings is 1. The summed E-state index contributed by atoms with van der Waals surface area (Å²) in [6.07, 6.45) is 4.16. The van der Waals surface area contributed by atoms with Gasteiger partial charge >= 0.3 is 5.97 Å².